The molecule has 100 valence electrons. The minimum Gasteiger partial charge on any atom is -0.380 e. The molecule has 4 heteroatoms. The van der Waals surface area contributed by atoms with Crippen molar-refractivity contribution >= 4 is 11.6 Å². The van der Waals surface area contributed by atoms with Crippen molar-refractivity contribution in [3.63, 3.8) is 0 Å². The van der Waals surface area contributed by atoms with Crippen LogP contribution in [0, 0.1) is 5.82 Å². The predicted octanol–water partition coefficient (Wildman–Crippen LogP) is 3.48. The van der Waals surface area contributed by atoms with Crippen LogP contribution in [0.2, 0.25) is 5.02 Å². The second-order valence-corrected chi connectivity index (χ2v) is 5.01. The Hall–Kier alpha value is -0.640. The Kier molecular flexibility index (Phi) is 4.98. The molecule has 1 aliphatic carbocycles. The lowest BCUT2D eigenvalue weighted by atomic mass is 10.2. The van der Waals surface area contributed by atoms with Gasteiger partial charge in [0.15, 0.2) is 0 Å². The van der Waals surface area contributed by atoms with E-state index in [2.05, 4.69) is 4.90 Å². The first-order valence-corrected chi connectivity index (χ1v) is 6.85. The van der Waals surface area contributed by atoms with Crippen LogP contribution in [0.1, 0.15) is 25.3 Å². The van der Waals surface area contributed by atoms with Gasteiger partial charge in [0, 0.05) is 36.3 Å². The lowest BCUT2D eigenvalue weighted by molar-refractivity contribution is 0.107. The van der Waals surface area contributed by atoms with Crippen molar-refractivity contribution in [1.29, 1.82) is 0 Å². The van der Waals surface area contributed by atoms with Crippen molar-refractivity contribution < 1.29 is 9.13 Å². The van der Waals surface area contributed by atoms with Gasteiger partial charge in [-0.05, 0) is 31.9 Å². The molecule has 0 atom stereocenters. The van der Waals surface area contributed by atoms with Crippen LogP contribution in [0.15, 0.2) is 18.2 Å². The fraction of sp³-hybridized carbons (Fsp3) is 0.571. The molecule has 0 bridgehead atoms. The number of halogens is 2. The third-order valence-corrected chi connectivity index (χ3v) is 3.57. The zero-order valence-corrected chi connectivity index (χ0v) is 11.4. The van der Waals surface area contributed by atoms with Crippen LogP contribution in [0.4, 0.5) is 4.39 Å². The van der Waals surface area contributed by atoms with E-state index in [1.807, 2.05) is 6.92 Å². The average molecular weight is 272 g/mol. The predicted molar refractivity (Wildman–Crippen MR) is 71.3 cm³/mol. The van der Waals surface area contributed by atoms with Gasteiger partial charge < -0.3 is 4.74 Å². The molecule has 0 radical (unpaired) electrons. The molecule has 0 N–H and O–H groups in total. The molecule has 0 aromatic heterocycles. The van der Waals surface area contributed by atoms with Crippen LogP contribution < -0.4 is 0 Å². The minimum atomic E-state index is -0.218. The summed E-state index contributed by atoms with van der Waals surface area (Å²) in [6, 6.07) is 5.42. The molecule has 1 fully saturated rings. The van der Waals surface area contributed by atoms with Crippen molar-refractivity contribution in [2.24, 2.45) is 0 Å². The van der Waals surface area contributed by atoms with Gasteiger partial charge in [0.25, 0.3) is 0 Å². The summed E-state index contributed by atoms with van der Waals surface area (Å²) in [5, 5.41) is 0.511. The number of benzene rings is 1. The molecular formula is C14H19ClFNO. The first-order chi connectivity index (χ1) is 8.72. The van der Waals surface area contributed by atoms with Gasteiger partial charge in [-0.25, -0.2) is 4.39 Å². The van der Waals surface area contributed by atoms with Crippen LogP contribution in [0.25, 0.3) is 0 Å². The number of hydrogen-bond donors (Lipinski definition) is 0. The zero-order chi connectivity index (χ0) is 13.0. The number of hydrogen-bond acceptors (Lipinski definition) is 2. The second-order valence-electron chi connectivity index (χ2n) is 4.60. The van der Waals surface area contributed by atoms with E-state index < -0.39 is 0 Å². The van der Waals surface area contributed by atoms with E-state index in [0.29, 0.717) is 29.8 Å². The van der Waals surface area contributed by atoms with Gasteiger partial charge in [0.1, 0.15) is 5.82 Å². The molecule has 1 aliphatic rings. The molecule has 0 aliphatic heterocycles. The Morgan fingerprint density at radius 3 is 2.83 bits per heavy atom. The van der Waals surface area contributed by atoms with E-state index in [-0.39, 0.29) is 5.82 Å². The van der Waals surface area contributed by atoms with Crippen molar-refractivity contribution in [2.45, 2.75) is 32.4 Å². The second kappa shape index (κ2) is 6.50. The molecule has 18 heavy (non-hydrogen) atoms. The molecule has 0 amide bonds. The lowest BCUT2D eigenvalue weighted by Crippen LogP contribution is -2.30. The van der Waals surface area contributed by atoms with E-state index in [1.54, 1.807) is 12.1 Å². The first kappa shape index (κ1) is 13.8. The van der Waals surface area contributed by atoms with Crippen LogP contribution >= 0.6 is 11.6 Å². The first-order valence-electron chi connectivity index (χ1n) is 6.47. The molecular weight excluding hydrogens is 253 g/mol. The summed E-state index contributed by atoms with van der Waals surface area (Å²) in [5.74, 6) is -0.218. The fourth-order valence-electron chi connectivity index (χ4n) is 2.04. The maximum Gasteiger partial charge on any atom is 0.129 e. The molecule has 2 rings (SSSR count). The maximum atomic E-state index is 13.7. The van der Waals surface area contributed by atoms with E-state index in [1.165, 1.54) is 18.9 Å². The standard InChI is InChI=1S/C14H19ClFNO/c1-2-18-9-8-17(11-6-7-11)10-12-13(15)4-3-5-14(12)16/h3-5,11H,2,6-10H2,1H3. The number of nitrogens with zero attached hydrogens (tertiary/aromatic N) is 1. The van der Waals surface area contributed by atoms with E-state index in [0.717, 1.165) is 13.2 Å². The average Bonchev–Trinajstić information content (AvgIpc) is 3.16. The summed E-state index contributed by atoms with van der Waals surface area (Å²) in [7, 11) is 0. The largest absolute Gasteiger partial charge is 0.380 e. The highest BCUT2D eigenvalue weighted by molar-refractivity contribution is 6.31. The molecule has 0 spiro atoms. The van der Waals surface area contributed by atoms with Crippen molar-refractivity contribution in [2.75, 3.05) is 19.8 Å². The molecule has 0 unspecified atom stereocenters. The van der Waals surface area contributed by atoms with Gasteiger partial charge in [-0.2, -0.15) is 0 Å². The van der Waals surface area contributed by atoms with Crippen molar-refractivity contribution in [1.82, 2.24) is 4.90 Å². The molecule has 1 aromatic carbocycles. The van der Waals surface area contributed by atoms with E-state index in [4.69, 9.17) is 16.3 Å². The van der Waals surface area contributed by atoms with Crippen LogP contribution in [-0.2, 0) is 11.3 Å². The zero-order valence-electron chi connectivity index (χ0n) is 10.7. The maximum absolute atomic E-state index is 13.7. The van der Waals surface area contributed by atoms with Crippen LogP contribution in [0.3, 0.4) is 0 Å². The monoisotopic (exact) mass is 271 g/mol. The summed E-state index contributed by atoms with van der Waals surface area (Å²) in [6.45, 7) is 4.81. The molecule has 0 saturated heterocycles. The molecule has 2 nitrogen and oxygen atoms in total. The third-order valence-electron chi connectivity index (χ3n) is 3.21. The Morgan fingerprint density at radius 1 is 1.44 bits per heavy atom. The quantitative estimate of drug-likeness (QED) is 0.704. The highest BCUT2D eigenvalue weighted by atomic mass is 35.5. The summed E-state index contributed by atoms with van der Waals surface area (Å²) in [6.07, 6.45) is 2.39. The normalized spacial score (nSPS) is 15.3. The Labute approximate surface area is 113 Å². The molecule has 0 heterocycles. The Bertz CT molecular complexity index is 375. The smallest absolute Gasteiger partial charge is 0.129 e. The van der Waals surface area contributed by atoms with Crippen LogP contribution in [0.5, 0.6) is 0 Å². The summed E-state index contributed by atoms with van der Waals surface area (Å²) < 4.78 is 19.1. The highest BCUT2D eigenvalue weighted by Gasteiger charge is 2.29. The van der Waals surface area contributed by atoms with Crippen LogP contribution in [-0.4, -0.2) is 30.7 Å². The van der Waals surface area contributed by atoms with Gasteiger partial charge in [0.2, 0.25) is 0 Å². The lowest BCUT2D eigenvalue weighted by Gasteiger charge is -2.22. The number of rotatable bonds is 7. The Balaban J connectivity index is 1.99. The van der Waals surface area contributed by atoms with Gasteiger partial charge in [-0.3, -0.25) is 4.90 Å². The number of ether oxygens (including phenoxy) is 1. The van der Waals surface area contributed by atoms with Gasteiger partial charge in [-0.15, -0.1) is 0 Å². The summed E-state index contributed by atoms with van der Waals surface area (Å²) >= 11 is 6.06. The van der Waals surface area contributed by atoms with Crippen molar-refractivity contribution in [3.8, 4) is 0 Å². The van der Waals surface area contributed by atoms with Gasteiger partial charge in [0.05, 0.1) is 6.61 Å². The third kappa shape index (κ3) is 3.67. The SMILES string of the molecule is CCOCCN(Cc1c(F)cccc1Cl)C1CC1. The topological polar surface area (TPSA) is 12.5 Å². The van der Waals surface area contributed by atoms with E-state index >= 15 is 0 Å². The van der Waals surface area contributed by atoms with Gasteiger partial charge >= 0.3 is 0 Å². The summed E-state index contributed by atoms with van der Waals surface area (Å²) in [5.41, 5.74) is 0.600. The summed E-state index contributed by atoms with van der Waals surface area (Å²) in [4.78, 5) is 2.26. The fourth-order valence-corrected chi connectivity index (χ4v) is 2.27. The minimum absolute atomic E-state index is 0.218. The molecule has 1 aromatic rings. The Morgan fingerprint density at radius 2 is 2.22 bits per heavy atom. The highest BCUT2D eigenvalue weighted by Crippen LogP contribution is 2.30. The molecule has 1 saturated carbocycles. The van der Waals surface area contributed by atoms with E-state index in [9.17, 15) is 4.39 Å². The van der Waals surface area contributed by atoms with Gasteiger partial charge in [-0.1, -0.05) is 17.7 Å². The van der Waals surface area contributed by atoms with Crippen molar-refractivity contribution in [3.05, 3.63) is 34.6 Å².